The molecule has 2 heterocycles. The van der Waals surface area contributed by atoms with Crippen molar-refractivity contribution in [2.75, 3.05) is 31.1 Å². The number of benzene rings is 1. The zero-order valence-electron chi connectivity index (χ0n) is 10.8. The molecule has 0 bridgehead atoms. The van der Waals surface area contributed by atoms with Gasteiger partial charge in [0, 0.05) is 31.9 Å². The molecule has 0 N–H and O–H groups in total. The number of carbonyl (C=O) groups is 1. The summed E-state index contributed by atoms with van der Waals surface area (Å²) in [5, 5.41) is 0. The van der Waals surface area contributed by atoms with E-state index in [9.17, 15) is 9.18 Å². The van der Waals surface area contributed by atoms with Crippen LogP contribution < -0.4 is 4.90 Å². The van der Waals surface area contributed by atoms with Crippen LogP contribution in [-0.2, 0) is 0 Å². The number of oxazole rings is 1. The lowest BCUT2D eigenvalue weighted by Gasteiger charge is -2.35. The van der Waals surface area contributed by atoms with Crippen LogP contribution in [0.4, 0.5) is 10.1 Å². The Hall–Kier alpha value is -2.37. The minimum atomic E-state index is -0.242. The summed E-state index contributed by atoms with van der Waals surface area (Å²) in [6.07, 6.45) is 2.61. The Morgan fingerprint density at radius 3 is 2.45 bits per heavy atom. The molecule has 3 rings (SSSR count). The molecular weight excluding hydrogens is 261 g/mol. The van der Waals surface area contributed by atoms with Crippen LogP contribution in [0.1, 0.15) is 10.5 Å². The van der Waals surface area contributed by atoms with E-state index < -0.39 is 0 Å². The van der Waals surface area contributed by atoms with E-state index in [1.165, 1.54) is 24.8 Å². The molecule has 104 valence electrons. The number of piperazine rings is 1. The van der Waals surface area contributed by atoms with Crippen molar-refractivity contribution in [1.29, 1.82) is 0 Å². The van der Waals surface area contributed by atoms with Crippen molar-refractivity contribution in [2.24, 2.45) is 0 Å². The highest BCUT2D eigenvalue weighted by atomic mass is 19.1. The van der Waals surface area contributed by atoms with Gasteiger partial charge in [-0.15, -0.1) is 0 Å². The largest absolute Gasteiger partial charge is 0.451 e. The van der Waals surface area contributed by atoms with Crippen molar-refractivity contribution in [3.05, 3.63) is 48.4 Å². The molecule has 1 aromatic heterocycles. The Balaban J connectivity index is 1.62. The Kier molecular flexibility index (Phi) is 3.37. The van der Waals surface area contributed by atoms with Gasteiger partial charge >= 0.3 is 0 Å². The molecule has 0 saturated carbocycles. The van der Waals surface area contributed by atoms with Crippen molar-refractivity contribution < 1.29 is 13.6 Å². The van der Waals surface area contributed by atoms with Crippen LogP contribution in [-0.4, -0.2) is 42.0 Å². The third-order valence-electron chi connectivity index (χ3n) is 3.41. The molecule has 1 aromatic carbocycles. The van der Waals surface area contributed by atoms with Crippen LogP contribution >= 0.6 is 0 Å². The Bertz CT molecular complexity index is 575. The molecule has 0 unspecified atom stereocenters. The maximum atomic E-state index is 12.9. The topological polar surface area (TPSA) is 49.6 Å². The van der Waals surface area contributed by atoms with Crippen LogP contribution in [0, 0.1) is 5.82 Å². The van der Waals surface area contributed by atoms with Gasteiger partial charge in [0.05, 0.1) is 0 Å². The second-order valence-corrected chi connectivity index (χ2v) is 4.63. The standard InChI is InChI=1S/C14H14FN3O2/c15-11-1-3-12(4-2-11)17-5-7-18(8-6-17)14(19)13-9-20-10-16-13/h1-4,9-10H,5-8H2. The third kappa shape index (κ3) is 2.49. The van der Waals surface area contributed by atoms with E-state index in [1.54, 1.807) is 17.0 Å². The summed E-state index contributed by atoms with van der Waals surface area (Å²) < 4.78 is 17.7. The number of carbonyl (C=O) groups excluding carboxylic acids is 1. The molecule has 1 aliphatic heterocycles. The number of anilines is 1. The number of amides is 1. The molecule has 5 nitrogen and oxygen atoms in total. The van der Waals surface area contributed by atoms with E-state index in [0.717, 1.165) is 18.8 Å². The molecule has 0 atom stereocenters. The fraction of sp³-hybridized carbons (Fsp3) is 0.286. The van der Waals surface area contributed by atoms with Crippen LogP contribution in [0.25, 0.3) is 0 Å². The van der Waals surface area contributed by atoms with Crippen molar-refractivity contribution in [3.63, 3.8) is 0 Å². The van der Waals surface area contributed by atoms with Gasteiger partial charge in [-0.25, -0.2) is 9.37 Å². The molecule has 0 radical (unpaired) electrons. The molecule has 1 amide bonds. The summed E-state index contributed by atoms with van der Waals surface area (Å²) >= 11 is 0. The SMILES string of the molecule is O=C(c1cocn1)N1CCN(c2ccc(F)cc2)CC1. The highest BCUT2D eigenvalue weighted by molar-refractivity contribution is 5.92. The quantitative estimate of drug-likeness (QED) is 0.838. The maximum Gasteiger partial charge on any atom is 0.275 e. The molecule has 0 aliphatic carbocycles. The lowest BCUT2D eigenvalue weighted by atomic mass is 10.2. The molecule has 0 spiro atoms. The number of halogens is 1. The number of hydrogen-bond donors (Lipinski definition) is 0. The number of hydrogen-bond acceptors (Lipinski definition) is 4. The van der Waals surface area contributed by atoms with Crippen LogP contribution in [0.3, 0.4) is 0 Å². The van der Waals surface area contributed by atoms with Gasteiger partial charge in [0.15, 0.2) is 12.1 Å². The monoisotopic (exact) mass is 275 g/mol. The van der Waals surface area contributed by atoms with E-state index in [0.29, 0.717) is 18.8 Å². The molecule has 1 aliphatic rings. The van der Waals surface area contributed by atoms with Crippen LogP contribution in [0.15, 0.2) is 41.3 Å². The molecular formula is C14H14FN3O2. The van der Waals surface area contributed by atoms with Gasteiger partial charge < -0.3 is 14.2 Å². The number of aromatic nitrogens is 1. The van der Waals surface area contributed by atoms with Gasteiger partial charge in [-0.2, -0.15) is 0 Å². The average molecular weight is 275 g/mol. The Labute approximate surface area is 115 Å². The predicted octanol–water partition coefficient (Wildman–Crippen LogP) is 1.78. The van der Waals surface area contributed by atoms with E-state index in [-0.39, 0.29) is 11.7 Å². The Morgan fingerprint density at radius 1 is 1.15 bits per heavy atom. The summed E-state index contributed by atoms with van der Waals surface area (Å²) in [5.74, 6) is -0.355. The summed E-state index contributed by atoms with van der Waals surface area (Å²) in [7, 11) is 0. The molecule has 2 aromatic rings. The smallest absolute Gasteiger partial charge is 0.275 e. The molecule has 1 saturated heterocycles. The second kappa shape index (κ2) is 5.32. The third-order valence-corrected chi connectivity index (χ3v) is 3.41. The van der Waals surface area contributed by atoms with Gasteiger partial charge in [0.1, 0.15) is 12.1 Å². The summed E-state index contributed by atoms with van der Waals surface area (Å²) in [5.41, 5.74) is 1.31. The van der Waals surface area contributed by atoms with Gasteiger partial charge in [-0.3, -0.25) is 4.79 Å². The lowest BCUT2D eigenvalue weighted by molar-refractivity contribution is 0.0741. The summed E-state index contributed by atoms with van der Waals surface area (Å²) in [6.45, 7) is 2.66. The zero-order chi connectivity index (χ0) is 13.9. The van der Waals surface area contributed by atoms with Crippen molar-refractivity contribution in [1.82, 2.24) is 9.88 Å². The first kappa shape index (κ1) is 12.7. The minimum Gasteiger partial charge on any atom is -0.451 e. The zero-order valence-corrected chi connectivity index (χ0v) is 10.8. The first-order chi connectivity index (χ1) is 9.74. The van der Waals surface area contributed by atoms with Gasteiger partial charge in [-0.05, 0) is 24.3 Å². The van der Waals surface area contributed by atoms with Crippen molar-refractivity contribution in [3.8, 4) is 0 Å². The molecule has 6 heteroatoms. The van der Waals surface area contributed by atoms with Gasteiger partial charge in [0.2, 0.25) is 0 Å². The summed E-state index contributed by atoms with van der Waals surface area (Å²) in [6, 6.07) is 6.40. The second-order valence-electron chi connectivity index (χ2n) is 4.63. The van der Waals surface area contributed by atoms with Crippen molar-refractivity contribution >= 4 is 11.6 Å². The average Bonchev–Trinajstić information content (AvgIpc) is 3.02. The Morgan fingerprint density at radius 2 is 1.85 bits per heavy atom. The lowest BCUT2D eigenvalue weighted by Crippen LogP contribution is -2.48. The highest BCUT2D eigenvalue weighted by Crippen LogP contribution is 2.17. The van der Waals surface area contributed by atoms with E-state index in [4.69, 9.17) is 4.42 Å². The fourth-order valence-electron chi connectivity index (χ4n) is 2.30. The highest BCUT2D eigenvalue weighted by Gasteiger charge is 2.23. The summed E-state index contributed by atoms with van der Waals surface area (Å²) in [4.78, 5) is 19.8. The van der Waals surface area contributed by atoms with Gasteiger partial charge in [0.25, 0.3) is 5.91 Å². The van der Waals surface area contributed by atoms with Crippen LogP contribution in [0.5, 0.6) is 0 Å². The number of rotatable bonds is 2. The van der Waals surface area contributed by atoms with Crippen molar-refractivity contribution in [2.45, 2.75) is 0 Å². The fourth-order valence-corrected chi connectivity index (χ4v) is 2.30. The minimum absolute atomic E-state index is 0.113. The van der Waals surface area contributed by atoms with E-state index >= 15 is 0 Å². The van der Waals surface area contributed by atoms with E-state index in [1.807, 2.05) is 0 Å². The normalized spacial score (nSPS) is 15.4. The molecule has 20 heavy (non-hydrogen) atoms. The molecule has 1 fully saturated rings. The maximum absolute atomic E-state index is 12.9. The van der Waals surface area contributed by atoms with Gasteiger partial charge in [-0.1, -0.05) is 0 Å². The number of nitrogens with zero attached hydrogens (tertiary/aromatic N) is 3. The van der Waals surface area contributed by atoms with Crippen LogP contribution in [0.2, 0.25) is 0 Å². The predicted molar refractivity (Wildman–Crippen MR) is 71.0 cm³/mol. The first-order valence-corrected chi connectivity index (χ1v) is 6.42. The van der Waals surface area contributed by atoms with E-state index in [2.05, 4.69) is 9.88 Å². The first-order valence-electron chi connectivity index (χ1n) is 6.42.